The van der Waals surface area contributed by atoms with Crippen LogP contribution in [0.15, 0.2) is 30.3 Å². The Labute approximate surface area is 148 Å². The molecule has 1 saturated heterocycles. The molecule has 1 aromatic heterocycles. The van der Waals surface area contributed by atoms with Gasteiger partial charge in [0, 0.05) is 37.3 Å². The first-order chi connectivity index (χ1) is 11.9. The molecule has 0 aliphatic carbocycles. The number of benzene rings is 1. The molecule has 25 heavy (non-hydrogen) atoms. The topological polar surface area (TPSA) is 67.2 Å². The van der Waals surface area contributed by atoms with Crippen LogP contribution in [0.5, 0.6) is 0 Å². The van der Waals surface area contributed by atoms with E-state index in [9.17, 15) is 4.79 Å². The number of carbonyl (C=O) groups excluding carboxylic acids is 1. The zero-order chi connectivity index (χ0) is 18.0. The number of rotatable bonds is 3. The standard InChI is InChI=1S/C18H26N6O/c1-14(24-17(18(2,3)4)19-20-21-24)16(25)23-12-10-22(11-13-23)15-8-6-5-7-9-15/h5-9,14H,10-13H2,1-4H3/t14-/m0/s1. The molecule has 1 fully saturated rings. The summed E-state index contributed by atoms with van der Waals surface area (Å²) in [7, 11) is 0. The van der Waals surface area contributed by atoms with Crippen LogP contribution in [0.3, 0.4) is 0 Å². The van der Waals surface area contributed by atoms with Crippen LogP contribution in [0.25, 0.3) is 0 Å². The van der Waals surface area contributed by atoms with Gasteiger partial charge in [0.25, 0.3) is 0 Å². The normalized spacial score (nSPS) is 16.8. The Morgan fingerprint density at radius 1 is 1.08 bits per heavy atom. The molecular formula is C18H26N6O. The first-order valence-corrected chi connectivity index (χ1v) is 8.75. The number of hydrogen-bond donors (Lipinski definition) is 0. The maximum absolute atomic E-state index is 12.9. The lowest BCUT2D eigenvalue weighted by Crippen LogP contribution is -2.50. The van der Waals surface area contributed by atoms with Crippen LogP contribution < -0.4 is 4.90 Å². The van der Waals surface area contributed by atoms with E-state index in [1.54, 1.807) is 4.68 Å². The quantitative estimate of drug-likeness (QED) is 0.852. The van der Waals surface area contributed by atoms with Crippen molar-refractivity contribution < 1.29 is 4.79 Å². The molecule has 2 heterocycles. The second-order valence-corrected chi connectivity index (χ2v) is 7.52. The summed E-state index contributed by atoms with van der Waals surface area (Å²) in [6.07, 6.45) is 0. The zero-order valence-electron chi connectivity index (χ0n) is 15.4. The van der Waals surface area contributed by atoms with Gasteiger partial charge < -0.3 is 9.80 Å². The second kappa shape index (κ2) is 6.82. The number of piperazine rings is 1. The molecule has 134 valence electrons. The van der Waals surface area contributed by atoms with Crippen molar-refractivity contribution in [2.75, 3.05) is 31.1 Å². The number of amides is 1. The highest BCUT2D eigenvalue weighted by Crippen LogP contribution is 2.23. The van der Waals surface area contributed by atoms with Gasteiger partial charge in [-0.15, -0.1) is 5.10 Å². The summed E-state index contributed by atoms with van der Waals surface area (Å²) in [6.45, 7) is 11.1. The molecule has 7 heteroatoms. The summed E-state index contributed by atoms with van der Waals surface area (Å²) in [6, 6.07) is 9.92. The SMILES string of the molecule is C[C@@H](C(=O)N1CCN(c2ccccc2)CC1)n1nnnc1C(C)(C)C. The van der Waals surface area contributed by atoms with Crippen LogP contribution in [0.2, 0.25) is 0 Å². The average Bonchev–Trinajstić information content (AvgIpc) is 3.11. The molecule has 0 bridgehead atoms. The van der Waals surface area contributed by atoms with Gasteiger partial charge >= 0.3 is 0 Å². The van der Waals surface area contributed by atoms with Gasteiger partial charge in [-0.25, -0.2) is 4.68 Å². The van der Waals surface area contributed by atoms with Gasteiger partial charge in [-0.1, -0.05) is 39.0 Å². The molecule has 1 amide bonds. The highest BCUT2D eigenvalue weighted by atomic mass is 16.2. The molecular weight excluding hydrogens is 316 g/mol. The summed E-state index contributed by atoms with van der Waals surface area (Å²) in [5.74, 6) is 0.807. The van der Waals surface area contributed by atoms with Crippen molar-refractivity contribution in [2.24, 2.45) is 0 Å². The predicted molar refractivity (Wildman–Crippen MR) is 96.5 cm³/mol. The van der Waals surface area contributed by atoms with Gasteiger partial charge in [-0.05, 0) is 29.5 Å². The molecule has 7 nitrogen and oxygen atoms in total. The van der Waals surface area contributed by atoms with Crippen LogP contribution in [0, 0.1) is 0 Å². The molecule has 3 rings (SSSR count). The number of carbonyl (C=O) groups is 1. The highest BCUT2D eigenvalue weighted by molar-refractivity contribution is 5.80. The lowest BCUT2D eigenvalue weighted by molar-refractivity contribution is -0.135. The van der Waals surface area contributed by atoms with Gasteiger partial charge in [0.15, 0.2) is 5.82 Å². The molecule has 1 aliphatic heterocycles. The fourth-order valence-electron chi connectivity index (χ4n) is 3.14. The van der Waals surface area contributed by atoms with Crippen molar-refractivity contribution >= 4 is 11.6 Å². The third-order valence-corrected chi connectivity index (χ3v) is 4.60. The number of tetrazole rings is 1. The molecule has 0 unspecified atom stereocenters. The van der Waals surface area contributed by atoms with E-state index in [0.717, 1.165) is 18.9 Å². The number of para-hydroxylation sites is 1. The number of aromatic nitrogens is 4. The van der Waals surface area contributed by atoms with E-state index in [-0.39, 0.29) is 11.3 Å². The van der Waals surface area contributed by atoms with Crippen molar-refractivity contribution in [1.29, 1.82) is 0 Å². The first-order valence-electron chi connectivity index (χ1n) is 8.75. The monoisotopic (exact) mass is 342 g/mol. The van der Waals surface area contributed by atoms with Gasteiger partial charge in [0.2, 0.25) is 5.91 Å². The number of nitrogens with zero attached hydrogens (tertiary/aromatic N) is 6. The second-order valence-electron chi connectivity index (χ2n) is 7.52. The van der Waals surface area contributed by atoms with Crippen LogP contribution in [0.4, 0.5) is 5.69 Å². The summed E-state index contributed by atoms with van der Waals surface area (Å²) < 4.78 is 1.66. The van der Waals surface area contributed by atoms with Crippen molar-refractivity contribution in [1.82, 2.24) is 25.1 Å². The molecule has 0 spiro atoms. The lowest BCUT2D eigenvalue weighted by Gasteiger charge is -2.37. The third kappa shape index (κ3) is 3.65. The number of anilines is 1. The maximum Gasteiger partial charge on any atom is 0.247 e. The highest BCUT2D eigenvalue weighted by Gasteiger charge is 2.31. The van der Waals surface area contributed by atoms with E-state index in [4.69, 9.17) is 0 Å². The largest absolute Gasteiger partial charge is 0.368 e. The first kappa shape index (κ1) is 17.4. The molecule has 0 N–H and O–H groups in total. The smallest absolute Gasteiger partial charge is 0.247 e. The van der Waals surface area contributed by atoms with Crippen LogP contribution in [0.1, 0.15) is 39.6 Å². The average molecular weight is 342 g/mol. The minimum Gasteiger partial charge on any atom is -0.368 e. The summed E-state index contributed by atoms with van der Waals surface area (Å²) in [4.78, 5) is 17.1. The molecule has 2 aromatic rings. The molecule has 1 aromatic carbocycles. The molecule has 1 aliphatic rings. The van der Waals surface area contributed by atoms with E-state index < -0.39 is 6.04 Å². The fourth-order valence-corrected chi connectivity index (χ4v) is 3.14. The fraction of sp³-hybridized carbons (Fsp3) is 0.556. The van der Waals surface area contributed by atoms with E-state index in [1.165, 1.54) is 5.69 Å². The van der Waals surface area contributed by atoms with Crippen molar-refractivity contribution in [3.05, 3.63) is 36.2 Å². The Morgan fingerprint density at radius 2 is 1.72 bits per heavy atom. The minimum atomic E-state index is -0.396. The van der Waals surface area contributed by atoms with Crippen molar-refractivity contribution in [3.63, 3.8) is 0 Å². The van der Waals surface area contributed by atoms with Gasteiger partial charge in [-0.2, -0.15) is 0 Å². The molecule has 1 atom stereocenters. The Kier molecular flexibility index (Phi) is 4.74. The van der Waals surface area contributed by atoms with E-state index in [2.05, 4.69) is 32.6 Å². The summed E-state index contributed by atoms with van der Waals surface area (Å²) >= 11 is 0. The predicted octanol–water partition coefficient (Wildman–Crippen LogP) is 1.88. The Balaban J connectivity index is 1.66. The Bertz CT molecular complexity index is 713. The van der Waals surface area contributed by atoms with Gasteiger partial charge in [0.05, 0.1) is 0 Å². The van der Waals surface area contributed by atoms with Crippen molar-refractivity contribution in [2.45, 2.75) is 39.2 Å². The molecule has 0 radical (unpaired) electrons. The van der Waals surface area contributed by atoms with E-state index in [0.29, 0.717) is 13.1 Å². The molecule has 0 saturated carbocycles. The van der Waals surface area contributed by atoms with Crippen LogP contribution >= 0.6 is 0 Å². The van der Waals surface area contributed by atoms with Crippen LogP contribution in [-0.4, -0.2) is 57.2 Å². The van der Waals surface area contributed by atoms with Gasteiger partial charge in [-0.3, -0.25) is 4.79 Å². The summed E-state index contributed by atoms with van der Waals surface area (Å²) in [5.41, 5.74) is 1.00. The summed E-state index contributed by atoms with van der Waals surface area (Å²) in [5, 5.41) is 11.9. The third-order valence-electron chi connectivity index (χ3n) is 4.60. The Hall–Kier alpha value is -2.44. The number of hydrogen-bond acceptors (Lipinski definition) is 5. The lowest BCUT2D eigenvalue weighted by atomic mass is 9.95. The minimum absolute atomic E-state index is 0.0745. The van der Waals surface area contributed by atoms with Crippen LogP contribution in [-0.2, 0) is 10.2 Å². The van der Waals surface area contributed by atoms with Gasteiger partial charge in [0.1, 0.15) is 6.04 Å². The van der Waals surface area contributed by atoms with Crippen molar-refractivity contribution in [3.8, 4) is 0 Å². The zero-order valence-corrected chi connectivity index (χ0v) is 15.4. The van der Waals surface area contributed by atoms with E-state index >= 15 is 0 Å². The Morgan fingerprint density at radius 3 is 2.32 bits per heavy atom. The maximum atomic E-state index is 12.9. The van der Waals surface area contributed by atoms with E-state index in [1.807, 2.05) is 50.8 Å².